The molecule has 26 heavy (non-hydrogen) atoms. The Morgan fingerprint density at radius 2 is 1.04 bits per heavy atom. The Bertz CT molecular complexity index is 852. The highest BCUT2D eigenvalue weighted by Crippen LogP contribution is 2.41. The molecule has 0 saturated carbocycles. The maximum absolute atomic E-state index is 13.2. The molecule has 3 aromatic rings. The molecule has 0 unspecified atom stereocenters. The highest BCUT2D eigenvalue weighted by atomic mass is 35.5. The van der Waals surface area contributed by atoms with Crippen LogP contribution < -0.4 is 0 Å². The SMILES string of the molecule is CC(c1ccc(Cl)cc1)(c1ccc(Cl)cc1)c1cccc(C(F)(F)F)c1. The molecular weight excluding hydrogens is 380 g/mol. The van der Waals surface area contributed by atoms with Gasteiger partial charge in [-0.1, -0.05) is 65.7 Å². The van der Waals surface area contributed by atoms with E-state index in [0.717, 1.165) is 17.2 Å². The van der Waals surface area contributed by atoms with Crippen LogP contribution in [0.25, 0.3) is 0 Å². The average molecular weight is 395 g/mol. The van der Waals surface area contributed by atoms with Crippen LogP contribution in [0.15, 0.2) is 72.8 Å². The monoisotopic (exact) mass is 394 g/mol. The molecule has 5 heteroatoms. The first-order valence-electron chi connectivity index (χ1n) is 7.91. The zero-order chi connectivity index (χ0) is 18.9. The molecule has 0 bridgehead atoms. The van der Waals surface area contributed by atoms with Crippen molar-refractivity contribution in [3.05, 3.63) is 105 Å². The van der Waals surface area contributed by atoms with Gasteiger partial charge in [-0.05, 0) is 53.9 Å². The number of benzene rings is 3. The quantitative estimate of drug-likeness (QED) is 0.406. The fourth-order valence-electron chi connectivity index (χ4n) is 3.07. The van der Waals surface area contributed by atoms with E-state index in [9.17, 15) is 13.2 Å². The third kappa shape index (κ3) is 3.60. The average Bonchev–Trinajstić information content (AvgIpc) is 2.62. The summed E-state index contributed by atoms with van der Waals surface area (Å²) >= 11 is 12.0. The van der Waals surface area contributed by atoms with Crippen LogP contribution in [0.3, 0.4) is 0 Å². The maximum Gasteiger partial charge on any atom is 0.416 e. The topological polar surface area (TPSA) is 0 Å². The minimum absolute atomic E-state index is 0.539. The van der Waals surface area contributed by atoms with Crippen molar-refractivity contribution in [1.29, 1.82) is 0 Å². The molecule has 0 aliphatic rings. The van der Waals surface area contributed by atoms with Crippen molar-refractivity contribution in [2.24, 2.45) is 0 Å². The van der Waals surface area contributed by atoms with Gasteiger partial charge < -0.3 is 0 Å². The minimum atomic E-state index is -4.41. The Labute approximate surface area is 160 Å². The van der Waals surface area contributed by atoms with E-state index in [0.29, 0.717) is 15.6 Å². The van der Waals surface area contributed by atoms with E-state index in [1.165, 1.54) is 12.1 Å². The van der Waals surface area contributed by atoms with Gasteiger partial charge in [0.15, 0.2) is 0 Å². The van der Waals surface area contributed by atoms with E-state index in [1.54, 1.807) is 30.3 Å². The van der Waals surface area contributed by atoms with Crippen LogP contribution in [-0.4, -0.2) is 0 Å². The highest BCUT2D eigenvalue weighted by Gasteiger charge is 2.35. The number of hydrogen-bond donors (Lipinski definition) is 0. The van der Waals surface area contributed by atoms with Gasteiger partial charge in [0.25, 0.3) is 0 Å². The predicted octanol–water partition coefficient (Wildman–Crippen LogP) is 7.37. The molecule has 0 heterocycles. The van der Waals surface area contributed by atoms with E-state index in [1.807, 2.05) is 31.2 Å². The molecule has 0 aromatic heterocycles. The summed E-state index contributed by atoms with van der Waals surface area (Å²) in [5.41, 5.74) is 0.740. The van der Waals surface area contributed by atoms with Gasteiger partial charge >= 0.3 is 6.18 Å². The van der Waals surface area contributed by atoms with Crippen LogP contribution in [0.1, 0.15) is 29.2 Å². The summed E-state index contributed by atoms with van der Waals surface area (Å²) in [5, 5.41) is 1.13. The Kier molecular flexibility index (Phi) is 5.05. The maximum atomic E-state index is 13.2. The Morgan fingerprint density at radius 3 is 1.46 bits per heavy atom. The lowest BCUT2D eigenvalue weighted by atomic mass is 9.71. The second-order valence-corrected chi connectivity index (χ2v) is 7.09. The highest BCUT2D eigenvalue weighted by molar-refractivity contribution is 6.30. The van der Waals surface area contributed by atoms with Crippen molar-refractivity contribution in [2.75, 3.05) is 0 Å². The van der Waals surface area contributed by atoms with Gasteiger partial charge in [-0.2, -0.15) is 13.2 Å². The number of halogens is 5. The fourth-order valence-corrected chi connectivity index (χ4v) is 3.32. The van der Waals surface area contributed by atoms with Crippen molar-refractivity contribution in [3.8, 4) is 0 Å². The predicted molar refractivity (Wildman–Crippen MR) is 99.9 cm³/mol. The zero-order valence-corrected chi connectivity index (χ0v) is 15.3. The van der Waals surface area contributed by atoms with Crippen molar-refractivity contribution >= 4 is 23.2 Å². The lowest BCUT2D eigenvalue weighted by Gasteiger charge is -2.32. The first-order chi connectivity index (χ1) is 12.2. The molecule has 0 nitrogen and oxygen atoms in total. The first-order valence-corrected chi connectivity index (χ1v) is 8.66. The van der Waals surface area contributed by atoms with Gasteiger partial charge in [-0.15, -0.1) is 0 Å². The standard InChI is InChI=1S/C21H15Cl2F3/c1-20(14-5-9-18(22)10-6-14,15-7-11-19(23)12-8-15)16-3-2-4-17(13-16)21(24,25)26/h2-13H,1H3. The minimum Gasteiger partial charge on any atom is -0.166 e. The van der Waals surface area contributed by atoms with Crippen LogP contribution >= 0.6 is 23.2 Å². The van der Waals surface area contributed by atoms with E-state index in [-0.39, 0.29) is 0 Å². The molecule has 0 N–H and O–H groups in total. The summed E-state index contributed by atoms with van der Waals surface area (Å²) in [6, 6.07) is 19.7. The van der Waals surface area contributed by atoms with Crippen molar-refractivity contribution in [1.82, 2.24) is 0 Å². The van der Waals surface area contributed by atoms with E-state index in [4.69, 9.17) is 23.2 Å². The van der Waals surface area contributed by atoms with Crippen LogP contribution in [0, 0.1) is 0 Å². The largest absolute Gasteiger partial charge is 0.416 e. The number of hydrogen-bond acceptors (Lipinski definition) is 0. The number of rotatable bonds is 3. The molecule has 0 amide bonds. The molecule has 3 rings (SSSR count). The molecule has 134 valence electrons. The van der Waals surface area contributed by atoms with Crippen molar-refractivity contribution in [2.45, 2.75) is 18.5 Å². The van der Waals surface area contributed by atoms with Crippen molar-refractivity contribution < 1.29 is 13.2 Å². The van der Waals surface area contributed by atoms with Gasteiger partial charge in [0.2, 0.25) is 0 Å². The van der Waals surface area contributed by atoms with Gasteiger partial charge in [0.1, 0.15) is 0 Å². The summed E-state index contributed by atoms with van der Waals surface area (Å²) in [5.74, 6) is 0. The van der Waals surface area contributed by atoms with E-state index in [2.05, 4.69) is 0 Å². The fraction of sp³-hybridized carbons (Fsp3) is 0.143. The molecule has 3 aromatic carbocycles. The molecular formula is C21H15Cl2F3. The van der Waals surface area contributed by atoms with Gasteiger partial charge in [-0.3, -0.25) is 0 Å². The third-order valence-electron chi connectivity index (χ3n) is 4.61. The van der Waals surface area contributed by atoms with E-state index < -0.39 is 17.2 Å². The van der Waals surface area contributed by atoms with Crippen LogP contribution in [0.5, 0.6) is 0 Å². The smallest absolute Gasteiger partial charge is 0.166 e. The van der Waals surface area contributed by atoms with Crippen LogP contribution in [0.2, 0.25) is 10.0 Å². The second-order valence-electron chi connectivity index (χ2n) is 6.22. The normalized spacial score (nSPS) is 12.2. The lowest BCUT2D eigenvalue weighted by molar-refractivity contribution is -0.137. The molecule has 0 radical (unpaired) electrons. The molecule has 0 fully saturated rings. The summed E-state index contributed by atoms with van der Waals surface area (Å²) in [7, 11) is 0. The Balaban J connectivity index is 2.24. The van der Waals surface area contributed by atoms with Crippen molar-refractivity contribution in [3.63, 3.8) is 0 Å². The molecule has 0 aliphatic heterocycles. The molecule has 0 spiro atoms. The van der Waals surface area contributed by atoms with Gasteiger partial charge in [0, 0.05) is 15.5 Å². The zero-order valence-electron chi connectivity index (χ0n) is 13.8. The van der Waals surface area contributed by atoms with Crippen LogP contribution in [-0.2, 0) is 11.6 Å². The molecule has 0 atom stereocenters. The second kappa shape index (κ2) is 6.98. The van der Waals surface area contributed by atoms with Gasteiger partial charge in [0.05, 0.1) is 5.56 Å². The summed E-state index contributed by atoms with van der Waals surface area (Å²) in [6.45, 7) is 1.90. The van der Waals surface area contributed by atoms with Crippen LogP contribution in [0.4, 0.5) is 13.2 Å². The third-order valence-corrected chi connectivity index (χ3v) is 5.11. The summed E-state index contributed by atoms with van der Waals surface area (Å²) < 4.78 is 39.7. The summed E-state index contributed by atoms with van der Waals surface area (Å²) in [4.78, 5) is 0. The number of alkyl halides is 3. The Morgan fingerprint density at radius 1 is 0.615 bits per heavy atom. The lowest BCUT2D eigenvalue weighted by Crippen LogP contribution is -2.26. The summed E-state index contributed by atoms with van der Waals surface area (Å²) in [6.07, 6.45) is -4.41. The van der Waals surface area contributed by atoms with E-state index >= 15 is 0 Å². The molecule has 0 saturated heterocycles. The van der Waals surface area contributed by atoms with Gasteiger partial charge in [-0.25, -0.2) is 0 Å². The first kappa shape index (κ1) is 18.8. The molecule has 0 aliphatic carbocycles. The Hall–Kier alpha value is -1.97.